The number of likely N-dealkylation sites (tertiary alicyclic amines) is 2. The molecule has 154 valence electrons. The van der Waals surface area contributed by atoms with Gasteiger partial charge in [0.2, 0.25) is 5.91 Å². The Labute approximate surface area is 172 Å². The Kier molecular flexibility index (Phi) is 5.43. The molecule has 0 bridgehead atoms. The number of hydrogen-bond acceptors (Lipinski definition) is 3. The number of benzene rings is 1. The number of piperidine rings is 1. The average Bonchev–Trinajstić information content (AvgIpc) is 3.30. The highest BCUT2D eigenvalue weighted by molar-refractivity contribution is 5.94. The molecule has 0 saturated carbocycles. The Hall–Kier alpha value is -2.63. The third kappa shape index (κ3) is 3.93. The number of hydrogen-bond donors (Lipinski definition) is 0. The van der Waals surface area contributed by atoms with Gasteiger partial charge in [-0.3, -0.25) is 14.3 Å². The van der Waals surface area contributed by atoms with E-state index in [9.17, 15) is 9.59 Å². The number of aromatic nitrogens is 2. The van der Waals surface area contributed by atoms with Crippen LogP contribution in [-0.2, 0) is 18.3 Å². The molecule has 1 unspecified atom stereocenters. The monoisotopic (exact) mass is 394 g/mol. The first-order valence-electron chi connectivity index (χ1n) is 10.6. The SMILES string of the molecule is Cc1cc(C(=O)N2CCC3(CCCN(CCCc4ccccc4)C3=O)C2)nn1C. The number of rotatable bonds is 5. The van der Waals surface area contributed by atoms with Crippen molar-refractivity contribution in [1.82, 2.24) is 19.6 Å². The van der Waals surface area contributed by atoms with E-state index in [1.54, 1.807) is 4.68 Å². The van der Waals surface area contributed by atoms with Gasteiger partial charge in [0.25, 0.3) is 5.91 Å². The van der Waals surface area contributed by atoms with Gasteiger partial charge in [0.05, 0.1) is 5.41 Å². The van der Waals surface area contributed by atoms with Crippen molar-refractivity contribution in [3.63, 3.8) is 0 Å². The molecule has 0 radical (unpaired) electrons. The van der Waals surface area contributed by atoms with E-state index in [4.69, 9.17) is 0 Å². The summed E-state index contributed by atoms with van der Waals surface area (Å²) in [5, 5.41) is 4.32. The van der Waals surface area contributed by atoms with Gasteiger partial charge >= 0.3 is 0 Å². The van der Waals surface area contributed by atoms with E-state index >= 15 is 0 Å². The fourth-order valence-electron chi connectivity index (χ4n) is 4.74. The highest BCUT2D eigenvalue weighted by atomic mass is 16.2. The van der Waals surface area contributed by atoms with Crippen LogP contribution in [0.1, 0.15) is 47.4 Å². The summed E-state index contributed by atoms with van der Waals surface area (Å²) in [4.78, 5) is 30.1. The summed E-state index contributed by atoms with van der Waals surface area (Å²) < 4.78 is 1.72. The smallest absolute Gasteiger partial charge is 0.274 e. The zero-order valence-corrected chi connectivity index (χ0v) is 17.4. The van der Waals surface area contributed by atoms with Gasteiger partial charge in [-0.2, -0.15) is 5.10 Å². The molecule has 0 N–H and O–H groups in total. The Morgan fingerprint density at radius 2 is 1.97 bits per heavy atom. The van der Waals surface area contributed by atoms with Gasteiger partial charge in [-0.25, -0.2) is 0 Å². The maximum atomic E-state index is 13.3. The third-order valence-electron chi connectivity index (χ3n) is 6.53. The van der Waals surface area contributed by atoms with Crippen molar-refractivity contribution in [2.75, 3.05) is 26.2 Å². The van der Waals surface area contributed by atoms with Gasteiger partial charge < -0.3 is 9.80 Å². The van der Waals surface area contributed by atoms with Crippen LogP contribution in [0.3, 0.4) is 0 Å². The van der Waals surface area contributed by atoms with E-state index in [2.05, 4.69) is 29.4 Å². The molecule has 3 heterocycles. The van der Waals surface area contributed by atoms with Gasteiger partial charge in [0.1, 0.15) is 0 Å². The molecule has 2 saturated heterocycles. The fraction of sp³-hybridized carbons (Fsp3) is 0.522. The van der Waals surface area contributed by atoms with Crippen molar-refractivity contribution in [3.05, 3.63) is 53.3 Å². The van der Waals surface area contributed by atoms with Gasteiger partial charge in [-0.1, -0.05) is 30.3 Å². The molecular weight excluding hydrogens is 364 g/mol. The molecule has 2 fully saturated rings. The zero-order valence-electron chi connectivity index (χ0n) is 17.4. The van der Waals surface area contributed by atoms with Gasteiger partial charge in [0.15, 0.2) is 5.69 Å². The van der Waals surface area contributed by atoms with Crippen molar-refractivity contribution in [3.8, 4) is 0 Å². The van der Waals surface area contributed by atoms with Crippen LogP contribution in [0.5, 0.6) is 0 Å². The summed E-state index contributed by atoms with van der Waals surface area (Å²) in [7, 11) is 1.84. The molecule has 6 heteroatoms. The Morgan fingerprint density at radius 1 is 1.17 bits per heavy atom. The summed E-state index contributed by atoms with van der Waals surface area (Å²) >= 11 is 0. The molecule has 0 aliphatic carbocycles. The highest BCUT2D eigenvalue weighted by Crippen LogP contribution is 2.40. The van der Waals surface area contributed by atoms with Crippen molar-refractivity contribution < 1.29 is 9.59 Å². The van der Waals surface area contributed by atoms with Crippen molar-refractivity contribution in [1.29, 1.82) is 0 Å². The lowest BCUT2D eigenvalue weighted by Crippen LogP contribution is -2.50. The van der Waals surface area contributed by atoms with Crippen LogP contribution >= 0.6 is 0 Å². The normalized spacial score (nSPS) is 21.9. The predicted octanol–water partition coefficient (Wildman–Crippen LogP) is 2.82. The van der Waals surface area contributed by atoms with Gasteiger partial charge in [-0.05, 0) is 50.7 Å². The van der Waals surface area contributed by atoms with Crippen molar-refractivity contribution >= 4 is 11.8 Å². The summed E-state index contributed by atoms with van der Waals surface area (Å²) in [6.07, 6.45) is 4.62. The summed E-state index contributed by atoms with van der Waals surface area (Å²) in [6, 6.07) is 12.2. The number of carbonyl (C=O) groups is 2. The zero-order chi connectivity index (χ0) is 20.4. The van der Waals surface area contributed by atoms with Gasteiger partial charge in [-0.15, -0.1) is 0 Å². The molecule has 2 aromatic rings. The highest BCUT2D eigenvalue weighted by Gasteiger charge is 2.49. The summed E-state index contributed by atoms with van der Waals surface area (Å²) in [5.41, 5.74) is 2.35. The van der Waals surface area contributed by atoms with Crippen LogP contribution in [0.25, 0.3) is 0 Å². The minimum atomic E-state index is -0.398. The molecule has 2 amide bonds. The van der Waals surface area contributed by atoms with Crippen LogP contribution in [0.4, 0.5) is 0 Å². The quantitative estimate of drug-likeness (QED) is 0.784. The van der Waals surface area contributed by atoms with Gasteiger partial charge in [0, 0.05) is 38.9 Å². The summed E-state index contributed by atoms with van der Waals surface area (Å²) in [6.45, 7) is 4.73. The molecule has 1 spiro atoms. The number of carbonyl (C=O) groups excluding carboxylic acids is 2. The summed E-state index contributed by atoms with van der Waals surface area (Å²) in [5.74, 6) is 0.184. The first-order chi connectivity index (χ1) is 14.0. The van der Waals surface area contributed by atoms with E-state index in [0.29, 0.717) is 18.8 Å². The van der Waals surface area contributed by atoms with E-state index in [1.807, 2.05) is 35.9 Å². The first kappa shape index (κ1) is 19.7. The van der Waals surface area contributed by atoms with Crippen LogP contribution in [0.15, 0.2) is 36.4 Å². The molecule has 2 aliphatic heterocycles. The second-order valence-electron chi connectivity index (χ2n) is 8.54. The van der Waals surface area contributed by atoms with Crippen LogP contribution < -0.4 is 0 Å². The molecule has 2 aliphatic rings. The maximum Gasteiger partial charge on any atom is 0.274 e. The lowest BCUT2D eigenvalue weighted by Gasteiger charge is -2.39. The van der Waals surface area contributed by atoms with E-state index in [1.165, 1.54) is 5.56 Å². The second kappa shape index (κ2) is 8.01. The standard InChI is InChI=1S/C23H30N4O2/c1-18-16-20(24-25(18)2)21(28)27-15-12-23(17-27)11-7-14-26(22(23)29)13-6-10-19-8-4-3-5-9-19/h3-5,8-9,16H,6-7,10-15,17H2,1-2H3. The third-order valence-corrected chi connectivity index (χ3v) is 6.53. The number of nitrogens with zero attached hydrogens (tertiary/aromatic N) is 4. The van der Waals surface area contributed by atoms with E-state index < -0.39 is 5.41 Å². The lowest BCUT2D eigenvalue weighted by molar-refractivity contribution is -0.145. The molecule has 29 heavy (non-hydrogen) atoms. The van der Waals surface area contributed by atoms with E-state index in [0.717, 1.165) is 50.9 Å². The number of aryl methyl sites for hydroxylation is 3. The predicted molar refractivity (Wildman–Crippen MR) is 111 cm³/mol. The van der Waals surface area contributed by atoms with E-state index in [-0.39, 0.29) is 11.8 Å². The number of amides is 2. The lowest BCUT2D eigenvalue weighted by atomic mass is 9.78. The molecular formula is C23H30N4O2. The minimum absolute atomic E-state index is 0.0559. The molecule has 4 rings (SSSR count). The Morgan fingerprint density at radius 3 is 2.69 bits per heavy atom. The topological polar surface area (TPSA) is 58.4 Å². The fourth-order valence-corrected chi connectivity index (χ4v) is 4.74. The molecule has 1 atom stereocenters. The minimum Gasteiger partial charge on any atom is -0.342 e. The second-order valence-corrected chi connectivity index (χ2v) is 8.54. The van der Waals surface area contributed by atoms with Crippen LogP contribution in [0, 0.1) is 12.3 Å². The van der Waals surface area contributed by atoms with Crippen LogP contribution in [-0.4, -0.2) is 57.6 Å². The molecule has 1 aromatic carbocycles. The van der Waals surface area contributed by atoms with Crippen molar-refractivity contribution in [2.45, 2.75) is 39.0 Å². The average molecular weight is 395 g/mol. The van der Waals surface area contributed by atoms with Crippen molar-refractivity contribution in [2.24, 2.45) is 12.5 Å². The maximum absolute atomic E-state index is 13.3. The molecule has 1 aromatic heterocycles. The Balaban J connectivity index is 1.37. The largest absolute Gasteiger partial charge is 0.342 e. The van der Waals surface area contributed by atoms with Crippen LogP contribution in [0.2, 0.25) is 0 Å². The molecule has 6 nitrogen and oxygen atoms in total. The Bertz CT molecular complexity index is 872. The first-order valence-corrected chi connectivity index (χ1v) is 10.6.